The molecule has 1 fully saturated rings. The first-order valence-corrected chi connectivity index (χ1v) is 5.77. The van der Waals surface area contributed by atoms with E-state index in [1.54, 1.807) is 0 Å². The summed E-state index contributed by atoms with van der Waals surface area (Å²) in [6.07, 6.45) is 1.59. The van der Waals surface area contributed by atoms with Crippen molar-refractivity contribution in [1.82, 2.24) is 4.90 Å². The molecule has 0 radical (unpaired) electrons. The molecule has 2 atom stereocenters. The molecular weight excluding hydrogens is 174 g/mol. The molecule has 14 heavy (non-hydrogen) atoms. The molecule has 0 aromatic carbocycles. The molecule has 0 saturated carbocycles. The predicted octanol–water partition coefficient (Wildman–Crippen LogP) is 2.74. The summed E-state index contributed by atoms with van der Waals surface area (Å²) in [7, 11) is 2.16. The van der Waals surface area contributed by atoms with Crippen molar-refractivity contribution in [3.8, 4) is 0 Å². The van der Waals surface area contributed by atoms with Crippen LogP contribution >= 0.6 is 0 Å². The van der Waals surface area contributed by atoms with E-state index in [1.807, 2.05) is 0 Å². The van der Waals surface area contributed by atoms with Crippen LogP contribution in [0.25, 0.3) is 0 Å². The van der Waals surface area contributed by atoms with Crippen molar-refractivity contribution in [3.63, 3.8) is 0 Å². The number of rotatable bonds is 2. The zero-order chi connectivity index (χ0) is 10.9. The van der Waals surface area contributed by atoms with E-state index in [9.17, 15) is 0 Å². The Balaban J connectivity index is 2.73. The summed E-state index contributed by atoms with van der Waals surface area (Å²) in [6.45, 7) is 12.3. The monoisotopic (exact) mass is 199 g/mol. The van der Waals surface area contributed by atoms with Gasteiger partial charge in [0.1, 0.15) is 5.72 Å². The fourth-order valence-corrected chi connectivity index (χ4v) is 2.04. The highest BCUT2D eigenvalue weighted by molar-refractivity contribution is 4.85. The molecule has 1 saturated heterocycles. The smallest absolute Gasteiger partial charge is 0.121 e. The molecule has 0 bridgehead atoms. The Morgan fingerprint density at radius 2 is 1.86 bits per heavy atom. The summed E-state index contributed by atoms with van der Waals surface area (Å²) in [6, 6.07) is 0. The van der Waals surface area contributed by atoms with Gasteiger partial charge in [0.2, 0.25) is 0 Å². The molecule has 0 aromatic heterocycles. The van der Waals surface area contributed by atoms with Crippen molar-refractivity contribution in [2.75, 3.05) is 13.6 Å². The highest BCUT2D eigenvalue weighted by Crippen LogP contribution is 2.33. The third kappa shape index (κ3) is 2.12. The maximum atomic E-state index is 6.23. The molecule has 2 heteroatoms. The second-order valence-electron chi connectivity index (χ2n) is 5.32. The second kappa shape index (κ2) is 4.19. The molecule has 0 amide bonds. The molecule has 0 aliphatic carbocycles. The highest BCUT2D eigenvalue weighted by atomic mass is 16.5. The van der Waals surface area contributed by atoms with Crippen LogP contribution in [0.2, 0.25) is 0 Å². The Bertz CT molecular complexity index is 191. The third-order valence-electron chi connectivity index (χ3n) is 3.71. The summed E-state index contributed by atoms with van der Waals surface area (Å²) in [5, 5.41) is 0. The average Bonchev–Trinajstić information content (AvgIpc) is 2.09. The summed E-state index contributed by atoms with van der Waals surface area (Å²) < 4.78 is 6.23. The van der Waals surface area contributed by atoms with Crippen LogP contribution in [0.15, 0.2) is 0 Å². The van der Waals surface area contributed by atoms with Crippen LogP contribution < -0.4 is 0 Å². The molecule has 0 unspecified atom stereocenters. The van der Waals surface area contributed by atoms with Gasteiger partial charge < -0.3 is 4.74 Å². The molecule has 0 aromatic rings. The van der Waals surface area contributed by atoms with Crippen LogP contribution in [-0.4, -0.2) is 30.3 Å². The average molecular weight is 199 g/mol. The fraction of sp³-hybridized carbons (Fsp3) is 1.00. The zero-order valence-corrected chi connectivity index (χ0v) is 10.5. The number of hydrogen-bond acceptors (Lipinski definition) is 2. The van der Waals surface area contributed by atoms with Gasteiger partial charge in [-0.25, -0.2) is 0 Å². The van der Waals surface area contributed by atoms with Crippen molar-refractivity contribution < 1.29 is 4.74 Å². The first-order valence-electron chi connectivity index (χ1n) is 5.77. The van der Waals surface area contributed by atoms with Gasteiger partial charge >= 0.3 is 0 Å². The lowest BCUT2D eigenvalue weighted by atomic mass is 9.93. The first kappa shape index (κ1) is 12.0. The quantitative estimate of drug-likeness (QED) is 0.678. The van der Waals surface area contributed by atoms with E-state index in [0.29, 0.717) is 17.9 Å². The SMILES string of the molecule is CC(C)[C@H]1CCN(C)[C@@](C)(C(C)C)O1. The van der Waals surface area contributed by atoms with E-state index < -0.39 is 0 Å². The molecule has 2 nitrogen and oxygen atoms in total. The van der Waals surface area contributed by atoms with Crippen molar-refractivity contribution in [3.05, 3.63) is 0 Å². The first-order chi connectivity index (χ1) is 6.38. The van der Waals surface area contributed by atoms with E-state index in [4.69, 9.17) is 4.74 Å². The molecule has 84 valence electrons. The number of ether oxygens (including phenoxy) is 1. The summed E-state index contributed by atoms with van der Waals surface area (Å²) in [5.74, 6) is 1.16. The lowest BCUT2D eigenvalue weighted by Gasteiger charge is -2.49. The van der Waals surface area contributed by atoms with Crippen LogP contribution in [0, 0.1) is 11.8 Å². The van der Waals surface area contributed by atoms with E-state index in [2.05, 4.69) is 46.6 Å². The van der Waals surface area contributed by atoms with Crippen molar-refractivity contribution in [1.29, 1.82) is 0 Å². The van der Waals surface area contributed by atoms with Crippen molar-refractivity contribution in [2.24, 2.45) is 11.8 Å². The summed E-state index contributed by atoms with van der Waals surface area (Å²) in [4.78, 5) is 2.34. The Kier molecular flexibility index (Phi) is 3.59. The minimum Gasteiger partial charge on any atom is -0.357 e. The van der Waals surface area contributed by atoms with Gasteiger partial charge in [0, 0.05) is 6.54 Å². The van der Waals surface area contributed by atoms with Crippen LogP contribution in [0.3, 0.4) is 0 Å². The fourth-order valence-electron chi connectivity index (χ4n) is 2.04. The summed E-state index contributed by atoms with van der Waals surface area (Å²) in [5.41, 5.74) is -0.0762. The lowest BCUT2D eigenvalue weighted by molar-refractivity contribution is -0.233. The van der Waals surface area contributed by atoms with Crippen molar-refractivity contribution >= 4 is 0 Å². The normalized spacial score (nSPS) is 35.6. The van der Waals surface area contributed by atoms with Gasteiger partial charge in [0.05, 0.1) is 6.10 Å². The Morgan fingerprint density at radius 3 is 2.29 bits per heavy atom. The molecule has 1 rings (SSSR count). The van der Waals surface area contributed by atoms with Crippen LogP contribution in [0.5, 0.6) is 0 Å². The van der Waals surface area contributed by atoms with E-state index >= 15 is 0 Å². The van der Waals surface area contributed by atoms with Gasteiger partial charge in [-0.3, -0.25) is 4.90 Å². The van der Waals surface area contributed by atoms with Crippen LogP contribution in [0.1, 0.15) is 41.0 Å². The Hall–Kier alpha value is -0.0800. The van der Waals surface area contributed by atoms with Gasteiger partial charge in [-0.1, -0.05) is 27.7 Å². The molecular formula is C12H25NO. The molecule has 1 heterocycles. The topological polar surface area (TPSA) is 12.5 Å². The van der Waals surface area contributed by atoms with Crippen LogP contribution in [0.4, 0.5) is 0 Å². The third-order valence-corrected chi connectivity index (χ3v) is 3.71. The van der Waals surface area contributed by atoms with E-state index in [0.717, 1.165) is 13.0 Å². The molecule has 1 aliphatic heterocycles. The van der Waals surface area contributed by atoms with Crippen LogP contribution in [-0.2, 0) is 4.74 Å². The summed E-state index contributed by atoms with van der Waals surface area (Å²) >= 11 is 0. The van der Waals surface area contributed by atoms with Gasteiger partial charge in [0.15, 0.2) is 0 Å². The Labute approximate surface area is 88.6 Å². The molecule has 0 N–H and O–H groups in total. The van der Waals surface area contributed by atoms with Gasteiger partial charge in [-0.15, -0.1) is 0 Å². The van der Waals surface area contributed by atoms with E-state index in [-0.39, 0.29) is 5.72 Å². The van der Waals surface area contributed by atoms with Gasteiger partial charge in [-0.05, 0) is 32.2 Å². The minimum atomic E-state index is -0.0762. The van der Waals surface area contributed by atoms with Crippen molar-refractivity contribution in [2.45, 2.75) is 52.9 Å². The zero-order valence-electron chi connectivity index (χ0n) is 10.5. The van der Waals surface area contributed by atoms with Gasteiger partial charge in [-0.2, -0.15) is 0 Å². The maximum absolute atomic E-state index is 6.23. The standard InChI is InChI=1S/C12H25NO/c1-9(2)11-7-8-13(6)12(5,14-11)10(3)4/h9-11H,7-8H2,1-6H3/t11-,12-/m1/s1. The predicted molar refractivity (Wildman–Crippen MR) is 60.2 cm³/mol. The highest BCUT2D eigenvalue weighted by Gasteiger charge is 2.40. The largest absolute Gasteiger partial charge is 0.357 e. The lowest BCUT2D eigenvalue weighted by Crippen LogP contribution is -2.57. The molecule has 1 aliphatic rings. The Morgan fingerprint density at radius 1 is 1.29 bits per heavy atom. The number of nitrogens with zero attached hydrogens (tertiary/aromatic N) is 1. The second-order valence-corrected chi connectivity index (χ2v) is 5.32. The minimum absolute atomic E-state index is 0.0762. The van der Waals surface area contributed by atoms with E-state index in [1.165, 1.54) is 0 Å². The van der Waals surface area contributed by atoms with Gasteiger partial charge in [0.25, 0.3) is 0 Å². The number of hydrogen-bond donors (Lipinski definition) is 0. The maximum Gasteiger partial charge on any atom is 0.121 e. The molecule has 0 spiro atoms.